The average Bonchev–Trinajstić information content (AvgIpc) is 2.87. The summed E-state index contributed by atoms with van der Waals surface area (Å²) >= 11 is 0. The van der Waals surface area contributed by atoms with Crippen LogP contribution >= 0.6 is 0 Å². The summed E-state index contributed by atoms with van der Waals surface area (Å²) in [6, 6.07) is 6.53. The summed E-state index contributed by atoms with van der Waals surface area (Å²) in [5.41, 5.74) is 1.08. The second-order valence-corrected chi connectivity index (χ2v) is 4.88. The van der Waals surface area contributed by atoms with Gasteiger partial charge in [-0.15, -0.1) is 0 Å². The van der Waals surface area contributed by atoms with Gasteiger partial charge in [0.05, 0.1) is 5.94 Å². The SMILES string of the molecule is CC(=O)Nc1ccc(C(=O)N2CCC[C@H]2B(O)O)cc1. The van der Waals surface area contributed by atoms with Crippen molar-refractivity contribution in [3.05, 3.63) is 29.8 Å². The van der Waals surface area contributed by atoms with E-state index < -0.39 is 13.1 Å². The zero-order chi connectivity index (χ0) is 14.7. The van der Waals surface area contributed by atoms with Crippen molar-refractivity contribution in [3.8, 4) is 0 Å². The van der Waals surface area contributed by atoms with Gasteiger partial charge in [-0.05, 0) is 37.1 Å². The predicted molar refractivity (Wildman–Crippen MR) is 75.0 cm³/mol. The molecule has 2 rings (SSSR count). The predicted octanol–water partition coefficient (Wildman–Crippen LogP) is 0.262. The van der Waals surface area contributed by atoms with Crippen LogP contribution in [0.25, 0.3) is 0 Å². The number of nitrogens with zero attached hydrogens (tertiary/aromatic N) is 1. The molecule has 0 spiro atoms. The van der Waals surface area contributed by atoms with Crippen LogP contribution in [0.1, 0.15) is 30.1 Å². The normalized spacial score (nSPS) is 17.9. The Morgan fingerprint density at radius 2 is 1.95 bits per heavy atom. The summed E-state index contributed by atoms with van der Waals surface area (Å²) in [7, 11) is -1.51. The Morgan fingerprint density at radius 3 is 2.50 bits per heavy atom. The Balaban J connectivity index is 2.11. The number of carbonyl (C=O) groups is 2. The molecule has 0 aliphatic carbocycles. The van der Waals surface area contributed by atoms with Crippen molar-refractivity contribution in [1.29, 1.82) is 0 Å². The molecule has 1 atom stereocenters. The van der Waals surface area contributed by atoms with Crippen LogP contribution in [0, 0.1) is 0 Å². The molecule has 0 unspecified atom stereocenters. The minimum Gasteiger partial charge on any atom is -0.426 e. The molecular formula is C13H17BN2O4. The Bertz CT molecular complexity index is 504. The number of benzene rings is 1. The van der Waals surface area contributed by atoms with Crippen LogP contribution in [0.15, 0.2) is 24.3 Å². The van der Waals surface area contributed by atoms with Gasteiger partial charge >= 0.3 is 7.12 Å². The van der Waals surface area contributed by atoms with Gasteiger partial charge in [-0.2, -0.15) is 0 Å². The molecule has 1 aliphatic heterocycles. The highest BCUT2D eigenvalue weighted by molar-refractivity contribution is 6.43. The van der Waals surface area contributed by atoms with Gasteiger partial charge in [0.25, 0.3) is 5.91 Å². The van der Waals surface area contributed by atoms with Crippen LogP contribution in [0.3, 0.4) is 0 Å². The van der Waals surface area contributed by atoms with Gasteiger partial charge in [0, 0.05) is 24.7 Å². The van der Waals surface area contributed by atoms with Gasteiger partial charge in [0.1, 0.15) is 0 Å². The first-order valence-corrected chi connectivity index (χ1v) is 6.54. The van der Waals surface area contributed by atoms with Crippen LogP contribution < -0.4 is 5.32 Å². The lowest BCUT2D eigenvalue weighted by molar-refractivity contribution is -0.114. The highest BCUT2D eigenvalue weighted by Crippen LogP contribution is 2.21. The largest absolute Gasteiger partial charge is 0.475 e. The molecule has 106 valence electrons. The number of rotatable bonds is 3. The molecule has 3 N–H and O–H groups in total. The highest BCUT2D eigenvalue weighted by atomic mass is 16.4. The number of likely N-dealkylation sites (tertiary alicyclic amines) is 1. The summed E-state index contributed by atoms with van der Waals surface area (Å²) in [5, 5.41) is 21.2. The molecule has 1 saturated heterocycles. The van der Waals surface area contributed by atoms with Gasteiger partial charge in [-0.1, -0.05) is 0 Å². The molecule has 1 fully saturated rings. The zero-order valence-electron chi connectivity index (χ0n) is 11.2. The topological polar surface area (TPSA) is 89.9 Å². The summed E-state index contributed by atoms with van der Waals surface area (Å²) in [5.74, 6) is -0.945. The number of hydrogen-bond donors (Lipinski definition) is 3. The number of carbonyl (C=O) groups excluding carboxylic acids is 2. The van der Waals surface area contributed by atoms with E-state index in [1.54, 1.807) is 24.3 Å². The smallest absolute Gasteiger partial charge is 0.426 e. The van der Waals surface area contributed by atoms with Gasteiger partial charge in [0.2, 0.25) is 5.91 Å². The first kappa shape index (κ1) is 14.6. The fourth-order valence-electron chi connectivity index (χ4n) is 2.42. The zero-order valence-corrected chi connectivity index (χ0v) is 11.2. The van der Waals surface area contributed by atoms with Gasteiger partial charge in [-0.3, -0.25) is 9.59 Å². The molecule has 0 aromatic heterocycles. The highest BCUT2D eigenvalue weighted by Gasteiger charge is 2.37. The maximum atomic E-state index is 12.3. The Morgan fingerprint density at radius 1 is 1.30 bits per heavy atom. The Labute approximate surface area is 117 Å². The first-order chi connectivity index (χ1) is 9.49. The third kappa shape index (κ3) is 3.18. The van der Waals surface area contributed by atoms with Crippen molar-refractivity contribution in [1.82, 2.24) is 4.90 Å². The Hall–Kier alpha value is -1.86. The number of amides is 2. The molecular weight excluding hydrogens is 259 g/mol. The quantitative estimate of drug-likeness (QED) is 0.691. The second kappa shape index (κ2) is 6.07. The second-order valence-electron chi connectivity index (χ2n) is 4.88. The van der Waals surface area contributed by atoms with Crippen LogP contribution in [-0.2, 0) is 4.79 Å². The third-order valence-electron chi connectivity index (χ3n) is 3.36. The molecule has 1 aliphatic rings. The van der Waals surface area contributed by atoms with Crippen LogP contribution in [-0.4, -0.2) is 46.4 Å². The molecule has 0 radical (unpaired) electrons. The van der Waals surface area contributed by atoms with E-state index in [4.69, 9.17) is 0 Å². The standard InChI is InChI=1S/C13H17BN2O4/c1-9(17)15-11-6-4-10(5-7-11)13(18)16-8-2-3-12(16)14(19)20/h4-7,12,19-20H,2-3,8H2,1H3,(H,15,17)/t12-/m0/s1. The molecule has 6 nitrogen and oxygen atoms in total. The third-order valence-corrected chi connectivity index (χ3v) is 3.36. The van der Waals surface area contributed by atoms with Crippen LogP contribution in [0.2, 0.25) is 0 Å². The van der Waals surface area contributed by atoms with Gasteiger partial charge in [-0.25, -0.2) is 0 Å². The van der Waals surface area contributed by atoms with Crippen molar-refractivity contribution in [3.63, 3.8) is 0 Å². The van der Waals surface area contributed by atoms with E-state index in [9.17, 15) is 19.6 Å². The molecule has 7 heteroatoms. The molecule has 0 bridgehead atoms. The van der Waals surface area contributed by atoms with Crippen molar-refractivity contribution >= 4 is 24.6 Å². The monoisotopic (exact) mass is 276 g/mol. The summed E-state index contributed by atoms with van der Waals surface area (Å²) in [6.07, 6.45) is 1.35. The summed E-state index contributed by atoms with van der Waals surface area (Å²) < 4.78 is 0. The molecule has 0 saturated carbocycles. The van der Waals surface area contributed by atoms with E-state index in [1.165, 1.54) is 11.8 Å². The van der Waals surface area contributed by atoms with E-state index in [0.29, 0.717) is 24.2 Å². The minimum atomic E-state index is -1.51. The van der Waals surface area contributed by atoms with Crippen molar-refractivity contribution < 1.29 is 19.6 Å². The van der Waals surface area contributed by atoms with Crippen LogP contribution in [0.5, 0.6) is 0 Å². The molecule has 1 heterocycles. The fraction of sp³-hybridized carbons (Fsp3) is 0.385. The summed E-state index contributed by atoms with van der Waals surface area (Å²) in [4.78, 5) is 24.7. The maximum absolute atomic E-state index is 12.3. The van der Waals surface area contributed by atoms with E-state index in [0.717, 1.165) is 6.42 Å². The summed E-state index contributed by atoms with van der Waals surface area (Å²) in [6.45, 7) is 1.94. The first-order valence-electron chi connectivity index (χ1n) is 6.54. The van der Waals surface area contributed by atoms with E-state index in [1.807, 2.05) is 0 Å². The lowest BCUT2D eigenvalue weighted by Crippen LogP contribution is -2.45. The van der Waals surface area contributed by atoms with Crippen molar-refractivity contribution in [2.75, 3.05) is 11.9 Å². The lowest BCUT2D eigenvalue weighted by Gasteiger charge is -2.24. The molecule has 1 aromatic carbocycles. The van der Waals surface area contributed by atoms with E-state index in [2.05, 4.69) is 5.32 Å². The van der Waals surface area contributed by atoms with E-state index in [-0.39, 0.29) is 11.8 Å². The maximum Gasteiger partial charge on any atom is 0.475 e. The van der Waals surface area contributed by atoms with E-state index >= 15 is 0 Å². The molecule has 1 aromatic rings. The molecule has 20 heavy (non-hydrogen) atoms. The van der Waals surface area contributed by atoms with Crippen molar-refractivity contribution in [2.45, 2.75) is 25.7 Å². The molecule has 2 amide bonds. The number of nitrogens with one attached hydrogen (secondary N) is 1. The van der Waals surface area contributed by atoms with Gasteiger partial charge < -0.3 is 20.3 Å². The number of hydrogen-bond acceptors (Lipinski definition) is 4. The number of anilines is 1. The minimum absolute atomic E-state index is 0.174. The van der Waals surface area contributed by atoms with Crippen molar-refractivity contribution in [2.24, 2.45) is 0 Å². The fourth-order valence-corrected chi connectivity index (χ4v) is 2.42. The lowest BCUT2D eigenvalue weighted by atomic mass is 9.78. The van der Waals surface area contributed by atoms with Gasteiger partial charge in [0.15, 0.2) is 0 Å². The average molecular weight is 276 g/mol. The Kier molecular flexibility index (Phi) is 4.41. The van der Waals surface area contributed by atoms with Crippen LogP contribution in [0.4, 0.5) is 5.69 Å².